The van der Waals surface area contributed by atoms with Gasteiger partial charge in [-0.15, -0.1) is 0 Å². The first-order chi connectivity index (χ1) is 8.46. The van der Waals surface area contributed by atoms with E-state index in [1.165, 1.54) is 5.56 Å². The summed E-state index contributed by atoms with van der Waals surface area (Å²) in [6.07, 6.45) is 0.984. The Morgan fingerprint density at radius 3 is 2.72 bits per heavy atom. The topological polar surface area (TPSA) is 36.3 Å². The predicted octanol–water partition coefficient (Wildman–Crippen LogP) is 2.81. The monoisotopic (exact) mass is 246 g/mol. The molecule has 1 aromatic carbocycles. The van der Waals surface area contributed by atoms with E-state index in [4.69, 9.17) is 10.00 Å². The van der Waals surface area contributed by atoms with Crippen molar-refractivity contribution in [3.8, 4) is 6.07 Å². The number of rotatable bonds is 6. The van der Waals surface area contributed by atoms with Crippen molar-refractivity contribution in [1.29, 1.82) is 5.26 Å². The molecule has 0 N–H and O–H groups in total. The van der Waals surface area contributed by atoms with Crippen molar-refractivity contribution >= 4 is 0 Å². The quantitative estimate of drug-likeness (QED) is 0.774. The molecule has 0 fully saturated rings. The van der Waals surface area contributed by atoms with Crippen LogP contribution in [0.2, 0.25) is 0 Å². The third-order valence-electron chi connectivity index (χ3n) is 3.16. The summed E-state index contributed by atoms with van der Waals surface area (Å²) in [5, 5.41) is 8.86. The highest BCUT2D eigenvalue weighted by Crippen LogP contribution is 2.14. The number of benzene rings is 1. The summed E-state index contributed by atoms with van der Waals surface area (Å²) in [5.74, 6) is 0. The van der Waals surface area contributed by atoms with Gasteiger partial charge >= 0.3 is 0 Å². The van der Waals surface area contributed by atoms with Gasteiger partial charge in [-0.2, -0.15) is 5.26 Å². The molecule has 0 aromatic heterocycles. The third-order valence-corrected chi connectivity index (χ3v) is 3.16. The molecule has 18 heavy (non-hydrogen) atoms. The lowest BCUT2D eigenvalue weighted by Crippen LogP contribution is -2.29. The fraction of sp³-hybridized carbons (Fsp3) is 0.533. The summed E-state index contributed by atoms with van der Waals surface area (Å²) in [7, 11) is 3.83. The van der Waals surface area contributed by atoms with Crippen LogP contribution in [0.3, 0.4) is 0 Å². The second-order valence-electron chi connectivity index (χ2n) is 5.26. The first-order valence-electron chi connectivity index (χ1n) is 6.19. The molecular formula is C15H22N2O. The van der Waals surface area contributed by atoms with Gasteiger partial charge in [-0.25, -0.2) is 0 Å². The van der Waals surface area contributed by atoms with E-state index < -0.39 is 0 Å². The predicted molar refractivity (Wildman–Crippen MR) is 73.2 cm³/mol. The molecule has 0 saturated carbocycles. The van der Waals surface area contributed by atoms with Crippen molar-refractivity contribution in [3.05, 3.63) is 35.4 Å². The van der Waals surface area contributed by atoms with Crippen molar-refractivity contribution in [2.45, 2.75) is 32.4 Å². The minimum atomic E-state index is -0.0806. The second-order valence-corrected chi connectivity index (χ2v) is 5.26. The van der Waals surface area contributed by atoms with Gasteiger partial charge in [0, 0.05) is 20.2 Å². The van der Waals surface area contributed by atoms with Gasteiger partial charge in [0.25, 0.3) is 0 Å². The first kappa shape index (κ1) is 14.7. The molecule has 0 atom stereocenters. The van der Waals surface area contributed by atoms with E-state index in [0.717, 1.165) is 25.1 Å². The molecule has 0 saturated heterocycles. The standard InChI is InChI=1S/C15H22N2O/c1-15(2,18-4)8-9-17(3)12-14-7-5-6-13(10-14)11-16/h5-7,10H,8-9,12H2,1-4H3. The molecule has 3 nitrogen and oxygen atoms in total. The van der Waals surface area contributed by atoms with Crippen LogP contribution in [0.5, 0.6) is 0 Å². The lowest BCUT2D eigenvalue weighted by molar-refractivity contribution is 0.00867. The van der Waals surface area contributed by atoms with Gasteiger partial charge in [0.15, 0.2) is 0 Å². The van der Waals surface area contributed by atoms with Crippen molar-refractivity contribution in [2.75, 3.05) is 20.7 Å². The molecule has 0 radical (unpaired) electrons. The Kier molecular flexibility index (Phi) is 5.33. The van der Waals surface area contributed by atoms with Crippen LogP contribution in [0.4, 0.5) is 0 Å². The summed E-state index contributed by atoms with van der Waals surface area (Å²) in [6.45, 7) is 6.02. The number of methoxy groups -OCH3 is 1. The van der Waals surface area contributed by atoms with Gasteiger partial charge < -0.3 is 9.64 Å². The molecule has 0 unspecified atom stereocenters. The van der Waals surface area contributed by atoms with Crippen molar-refractivity contribution < 1.29 is 4.74 Å². The third kappa shape index (κ3) is 4.87. The largest absolute Gasteiger partial charge is 0.379 e. The highest BCUT2D eigenvalue weighted by Gasteiger charge is 2.16. The van der Waals surface area contributed by atoms with Gasteiger partial charge in [0.1, 0.15) is 0 Å². The highest BCUT2D eigenvalue weighted by atomic mass is 16.5. The minimum absolute atomic E-state index is 0.0806. The Hall–Kier alpha value is -1.37. The van der Waals surface area contributed by atoms with Gasteiger partial charge in [-0.1, -0.05) is 12.1 Å². The molecule has 0 aliphatic carbocycles. The average Bonchev–Trinajstić information content (AvgIpc) is 2.37. The van der Waals surface area contributed by atoms with E-state index >= 15 is 0 Å². The van der Waals surface area contributed by atoms with Crippen LogP contribution < -0.4 is 0 Å². The Labute approximate surface area is 110 Å². The Bertz CT molecular complexity index is 421. The van der Waals surface area contributed by atoms with Crippen LogP contribution in [-0.2, 0) is 11.3 Å². The molecule has 0 spiro atoms. The van der Waals surface area contributed by atoms with E-state index in [9.17, 15) is 0 Å². The molecule has 0 heterocycles. The number of ether oxygens (including phenoxy) is 1. The molecule has 98 valence electrons. The molecule has 0 amide bonds. The molecule has 0 bridgehead atoms. The molecule has 1 aromatic rings. The fourth-order valence-electron chi connectivity index (χ4n) is 1.69. The highest BCUT2D eigenvalue weighted by molar-refractivity contribution is 5.32. The van der Waals surface area contributed by atoms with Gasteiger partial charge in [0.05, 0.1) is 17.2 Å². The Morgan fingerprint density at radius 1 is 1.39 bits per heavy atom. The van der Waals surface area contributed by atoms with Crippen LogP contribution in [0, 0.1) is 11.3 Å². The lowest BCUT2D eigenvalue weighted by atomic mass is 10.0. The fourth-order valence-corrected chi connectivity index (χ4v) is 1.69. The number of hydrogen-bond donors (Lipinski definition) is 0. The maximum Gasteiger partial charge on any atom is 0.0991 e. The Morgan fingerprint density at radius 2 is 2.11 bits per heavy atom. The van der Waals surface area contributed by atoms with Gasteiger partial charge in [-0.3, -0.25) is 0 Å². The second kappa shape index (κ2) is 6.53. The molecular weight excluding hydrogens is 224 g/mol. The SMILES string of the molecule is COC(C)(C)CCN(C)Cc1cccc(C#N)c1. The normalized spacial score (nSPS) is 11.6. The van der Waals surface area contributed by atoms with E-state index in [-0.39, 0.29) is 5.60 Å². The van der Waals surface area contributed by atoms with Crippen molar-refractivity contribution in [3.63, 3.8) is 0 Å². The molecule has 1 rings (SSSR count). The average molecular weight is 246 g/mol. The minimum Gasteiger partial charge on any atom is -0.379 e. The van der Waals surface area contributed by atoms with Crippen LogP contribution in [0.1, 0.15) is 31.4 Å². The Balaban J connectivity index is 2.49. The van der Waals surface area contributed by atoms with Crippen molar-refractivity contribution in [1.82, 2.24) is 4.90 Å². The summed E-state index contributed by atoms with van der Waals surface area (Å²) in [6, 6.07) is 9.93. The zero-order valence-corrected chi connectivity index (χ0v) is 11.7. The van der Waals surface area contributed by atoms with Gasteiger partial charge in [-0.05, 0) is 45.0 Å². The van der Waals surface area contributed by atoms with Crippen LogP contribution in [0.15, 0.2) is 24.3 Å². The van der Waals surface area contributed by atoms with Crippen LogP contribution in [0.25, 0.3) is 0 Å². The zero-order chi connectivity index (χ0) is 13.6. The molecule has 3 heteroatoms. The number of hydrogen-bond acceptors (Lipinski definition) is 3. The van der Waals surface area contributed by atoms with E-state index in [1.54, 1.807) is 7.11 Å². The summed E-state index contributed by atoms with van der Waals surface area (Å²) in [4.78, 5) is 2.25. The smallest absolute Gasteiger partial charge is 0.0991 e. The summed E-state index contributed by atoms with van der Waals surface area (Å²) >= 11 is 0. The molecule has 0 aliphatic rings. The van der Waals surface area contributed by atoms with E-state index in [1.807, 2.05) is 18.2 Å². The van der Waals surface area contributed by atoms with E-state index in [2.05, 4.69) is 37.9 Å². The van der Waals surface area contributed by atoms with Crippen LogP contribution in [-0.4, -0.2) is 31.2 Å². The maximum atomic E-state index is 8.86. The first-order valence-corrected chi connectivity index (χ1v) is 6.19. The van der Waals surface area contributed by atoms with Crippen LogP contribution >= 0.6 is 0 Å². The summed E-state index contributed by atoms with van der Waals surface area (Å²) < 4.78 is 5.41. The zero-order valence-electron chi connectivity index (χ0n) is 11.7. The number of nitriles is 1. The molecule has 0 aliphatic heterocycles. The van der Waals surface area contributed by atoms with Crippen molar-refractivity contribution in [2.24, 2.45) is 0 Å². The lowest BCUT2D eigenvalue weighted by Gasteiger charge is -2.26. The summed E-state index contributed by atoms with van der Waals surface area (Å²) in [5.41, 5.74) is 1.81. The number of nitrogens with zero attached hydrogens (tertiary/aromatic N) is 2. The maximum absolute atomic E-state index is 8.86. The van der Waals surface area contributed by atoms with Gasteiger partial charge in [0.2, 0.25) is 0 Å². The van der Waals surface area contributed by atoms with E-state index in [0.29, 0.717) is 0 Å².